The quantitative estimate of drug-likeness (QED) is 0.771. The lowest BCUT2D eigenvalue weighted by atomic mass is 9.93. The molecule has 1 aromatic carbocycles. The molecule has 0 amide bonds. The monoisotopic (exact) mass is 394 g/mol. The SMILES string of the molecule is c1ccc([C@H](c2nnnn2C2CCCC2)N2CCN(C3CCCCC3)CC2)cc1. The number of hydrogen-bond acceptors (Lipinski definition) is 5. The van der Waals surface area contributed by atoms with Crippen molar-refractivity contribution < 1.29 is 0 Å². The van der Waals surface area contributed by atoms with Crippen molar-refractivity contribution in [1.82, 2.24) is 30.0 Å². The molecular weight excluding hydrogens is 360 g/mol. The molecule has 2 aromatic rings. The van der Waals surface area contributed by atoms with E-state index in [4.69, 9.17) is 0 Å². The molecule has 0 bridgehead atoms. The molecule has 156 valence electrons. The fourth-order valence-electron chi connectivity index (χ4n) is 5.75. The van der Waals surface area contributed by atoms with Crippen molar-refractivity contribution in [3.05, 3.63) is 41.7 Å². The number of tetrazole rings is 1. The second kappa shape index (κ2) is 8.92. The molecule has 1 aliphatic heterocycles. The van der Waals surface area contributed by atoms with Crippen molar-refractivity contribution in [2.75, 3.05) is 26.2 Å². The van der Waals surface area contributed by atoms with E-state index in [1.807, 2.05) is 0 Å². The van der Waals surface area contributed by atoms with Crippen LogP contribution in [0.1, 0.15) is 81.3 Å². The van der Waals surface area contributed by atoms with E-state index < -0.39 is 0 Å². The summed E-state index contributed by atoms with van der Waals surface area (Å²) in [5.74, 6) is 1.04. The predicted molar refractivity (Wildman–Crippen MR) is 114 cm³/mol. The molecule has 0 spiro atoms. The number of rotatable bonds is 5. The van der Waals surface area contributed by atoms with E-state index in [-0.39, 0.29) is 6.04 Å². The van der Waals surface area contributed by atoms with E-state index in [1.54, 1.807) is 0 Å². The lowest BCUT2D eigenvalue weighted by molar-refractivity contribution is 0.0615. The van der Waals surface area contributed by atoms with Gasteiger partial charge in [0.05, 0.1) is 12.1 Å². The summed E-state index contributed by atoms with van der Waals surface area (Å²) in [6.45, 7) is 4.51. The molecule has 0 radical (unpaired) electrons. The lowest BCUT2D eigenvalue weighted by Gasteiger charge is -2.43. The molecular formula is C23H34N6. The zero-order chi connectivity index (χ0) is 19.5. The maximum Gasteiger partial charge on any atom is 0.173 e. The van der Waals surface area contributed by atoms with E-state index in [1.165, 1.54) is 76.4 Å². The first kappa shape index (κ1) is 19.2. The molecule has 2 saturated carbocycles. The van der Waals surface area contributed by atoms with Crippen LogP contribution in [-0.4, -0.2) is 62.2 Å². The smallest absolute Gasteiger partial charge is 0.173 e. The van der Waals surface area contributed by atoms with E-state index in [0.717, 1.165) is 25.0 Å². The van der Waals surface area contributed by atoms with Gasteiger partial charge in [-0.2, -0.15) is 0 Å². The Bertz CT molecular complexity index is 755. The van der Waals surface area contributed by atoms with Gasteiger partial charge in [0.1, 0.15) is 0 Å². The Morgan fingerprint density at radius 2 is 1.41 bits per heavy atom. The largest absolute Gasteiger partial charge is 0.298 e. The van der Waals surface area contributed by atoms with Crippen LogP contribution < -0.4 is 0 Å². The van der Waals surface area contributed by atoms with Crippen molar-refractivity contribution in [1.29, 1.82) is 0 Å². The van der Waals surface area contributed by atoms with Gasteiger partial charge in [-0.05, 0) is 41.7 Å². The molecule has 3 fully saturated rings. The first-order valence-electron chi connectivity index (χ1n) is 11.7. The summed E-state index contributed by atoms with van der Waals surface area (Å²) in [7, 11) is 0. The van der Waals surface area contributed by atoms with Gasteiger partial charge in [-0.25, -0.2) is 4.68 Å². The standard InChI is InChI=1S/C23H34N6/c1-3-9-19(10-4-1)22(23-24-25-26-29(23)21-13-7-8-14-21)28-17-15-27(16-18-28)20-11-5-2-6-12-20/h1,3-4,9-10,20-22H,2,5-8,11-18H2/t22-/m1/s1. The van der Waals surface area contributed by atoms with Gasteiger partial charge in [-0.3, -0.25) is 9.80 Å². The number of aromatic nitrogens is 4. The van der Waals surface area contributed by atoms with Crippen LogP contribution in [0.5, 0.6) is 0 Å². The highest BCUT2D eigenvalue weighted by Gasteiger charge is 2.34. The van der Waals surface area contributed by atoms with Gasteiger partial charge < -0.3 is 0 Å². The Hall–Kier alpha value is -1.79. The number of hydrogen-bond donors (Lipinski definition) is 0. The van der Waals surface area contributed by atoms with Crippen LogP contribution in [0.15, 0.2) is 30.3 Å². The molecule has 1 atom stereocenters. The van der Waals surface area contributed by atoms with Gasteiger partial charge in [0, 0.05) is 32.2 Å². The molecule has 0 N–H and O–H groups in total. The highest BCUT2D eigenvalue weighted by Crippen LogP contribution is 2.34. The second-order valence-electron chi connectivity index (χ2n) is 9.10. The van der Waals surface area contributed by atoms with Gasteiger partial charge in [-0.15, -0.1) is 5.10 Å². The van der Waals surface area contributed by atoms with Crippen molar-refractivity contribution in [3.8, 4) is 0 Å². The molecule has 1 aromatic heterocycles. The highest BCUT2D eigenvalue weighted by atomic mass is 15.6. The van der Waals surface area contributed by atoms with Gasteiger partial charge in [-0.1, -0.05) is 62.4 Å². The van der Waals surface area contributed by atoms with Gasteiger partial charge in [0.25, 0.3) is 0 Å². The van der Waals surface area contributed by atoms with E-state index in [9.17, 15) is 0 Å². The van der Waals surface area contributed by atoms with Gasteiger partial charge >= 0.3 is 0 Å². The summed E-state index contributed by atoms with van der Waals surface area (Å²) in [5, 5.41) is 13.1. The third-order valence-electron chi connectivity index (χ3n) is 7.35. The number of nitrogens with zero attached hydrogens (tertiary/aromatic N) is 6. The van der Waals surface area contributed by atoms with Crippen molar-refractivity contribution >= 4 is 0 Å². The fraction of sp³-hybridized carbons (Fsp3) is 0.696. The minimum Gasteiger partial charge on any atom is -0.298 e. The Morgan fingerprint density at radius 3 is 2.14 bits per heavy atom. The molecule has 6 nitrogen and oxygen atoms in total. The molecule has 2 heterocycles. The summed E-state index contributed by atoms with van der Waals surface area (Å²) >= 11 is 0. The highest BCUT2D eigenvalue weighted by molar-refractivity contribution is 5.25. The molecule has 1 saturated heterocycles. The topological polar surface area (TPSA) is 50.1 Å². The third kappa shape index (κ3) is 4.10. The van der Waals surface area contributed by atoms with E-state index in [2.05, 4.69) is 60.3 Å². The Balaban J connectivity index is 1.37. The Labute approximate surface area is 174 Å². The molecule has 29 heavy (non-hydrogen) atoms. The normalized spacial score (nSPS) is 24.1. The minimum atomic E-state index is 0.153. The van der Waals surface area contributed by atoms with Crippen LogP contribution in [0.2, 0.25) is 0 Å². The van der Waals surface area contributed by atoms with Crippen LogP contribution in [-0.2, 0) is 0 Å². The van der Waals surface area contributed by atoms with E-state index in [0.29, 0.717) is 6.04 Å². The van der Waals surface area contributed by atoms with Gasteiger partial charge in [0.2, 0.25) is 0 Å². The van der Waals surface area contributed by atoms with Crippen molar-refractivity contribution in [3.63, 3.8) is 0 Å². The first-order valence-corrected chi connectivity index (χ1v) is 11.7. The zero-order valence-corrected chi connectivity index (χ0v) is 17.5. The maximum atomic E-state index is 4.57. The Morgan fingerprint density at radius 1 is 0.759 bits per heavy atom. The molecule has 5 rings (SSSR count). The molecule has 0 unspecified atom stereocenters. The maximum absolute atomic E-state index is 4.57. The Kier molecular flexibility index (Phi) is 5.90. The van der Waals surface area contributed by atoms with Crippen LogP contribution in [0, 0.1) is 0 Å². The summed E-state index contributed by atoms with van der Waals surface area (Å²) in [6.07, 6.45) is 12.0. The average molecular weight is 395 g/mol. The second-order valence-corrected chi connectivity index (χ2v) is 9.10. The van der Waals surface area contributed by atoms with Crippen LogP contribution >= 0.6 is 0 Å². The average Bonchev–Trinajstić information content (AvgIpc) is 3.48. The van der Waals surface area contributed by atoms with Gasteiger partial charge in [0.15, 0.2) is 5.82 Å². The zero-order valence-electron chi connectivity index (χ0n) is 17.5. The number of benzene rings is 1. The molecule has 6 heteroatoms. The summed E-state index contributed by atoms with van der Waals surface area (Å²) in [5.41, 5.74) is 1.31. The van der Waals surface area contributed by atoms with Crippen molar-refractivity contribution in [2.24, 2.45) is 0 Å². The molecule has 2 aliphatic carbocycles. The predicted octanol–water partition coefficient (Wildman–Crippen LogP) is 3.83. The lowest BCUT2D eigenvalue weighted by Crippen LogP contribution is -2.52. The minimum absolute atomic E-state index is 0.153. The summed E-state index contributed by atoms with van der Waals surface area (Å²) in [6, 6.07) is 12.3. The summed E-state index contributed by atoms with van der Waals surface area (Å²) in [4.78, 5) is 5.36. The number of piperazine rings is 1. The van der Waals surface area contributed by atoms with Crippen molar-refractivity contribution in [2.45, 2.75) is 75.9 Å². The summed E-state index contributed by atoms with van der Waals surface area (Å²) < 4.78 is 2.15. The molecule has 3 aliphatic rings. The third-order valence-corrected chi connectivity index (χ3v) is 7.35. The van der Waals surface area contributed by atoms with E-state index >= 15 is 0 Å². The first-order chi connectivity index (χ1) is 14.4. The van der Waals surface area contributed by atoms with Crippen LogP contribution in [0.3, 0.4) is 0 Å². The van der Waals surface area contributed by atoms with Crippen LogP contribution in [0.25, 0.3) is 0 Å². The fourth-order valence-corrected chi connectivity index (χ4v) is 5.75. The van der Waals surface area contributed by atoms with Crippen LogP contribution in [0.4, 0.5) is 0 Å².